The van der Waals surface area contributed by atoms with E-state index in [0.717, 1.165) is 11.3 Å². The first-order valence-electron chi connectivity index (χ1n) is 9.42. The maximum atomic E-state index is 6.16. The highest BCUT2D eigenvalue weighted by Crippen LogP contribution is 2.38. The minimum absolute atomic E-state index is 0.150. The summed E-state index contributed by atoms with van der Waals surface area (Å²) in [6, 6.07) is 9.37. The van der Waals surface area contributed by atoms with Gasteiger partial charge in [0, 0.05) is 0 Å². The zero-order valence-electron chi connectivity index (χ0n) is 17.8. The zero-order valence-corrected chi connectivity index (χ0v) is 21.2. The van der Waals surface area contributed by atoms with Crippen LogP contribution in [0.15, 0.2) is 34.8 Å². The second kappa shape index (κ2) is 10.2. The van der Waals surface area contributed by atoms with E-state index in [4.69, 9.17) is 30.2 Å². The van der Waals surface area contributed by atoms with Crippen molar-refractivity contribution >= 4 is 35.8 Å². The predicted molar refractivity (Wildman–Crippen MR) is 123 cm³/mol. The van der Waals surface area contributed by atoms with Crippen LogP contribution in [0.5, 0.6) is 17.4 Å². The van der Waals surface area contributed by atoms with Crippen molar-refractivity contribution in [2.75, 3.05) is 20.3 Å². The van der Waals surface area contributed by atoms with Crippen LogP contribution in [0.3, 0.4) is 0 Å². The van der Waals surface area contributed by atoms with Gasteiger partial charge in [-0.15, -0.1) is 0 Å². The van der Waals surface area contributed by atoms with E-state index >= 15 is 0 Å². The standard InChI is InChI=1S/C21H29BrClNO4Si/c1-21(2,3)29(5,6)28-12-11-26-20-19(17(22)13-18(23)24-20)27-14-15-7-9-16(25-4)10-8-15/h7-10,13H,11-12,14H2,1-6H3. The molecule has 2 aromatic rings. The lowest BCUT2D eigenvalue weighted by atomic mass is 10.2. The van der Waals surface area contributed by atoms with Crippen LogP contribution in [-0.2, 0) is 11.0 Å². The molecule has 29 heavy (non-hydrogen) atoms. The second-order valence-electron chi connectivity index (χ2n) is 8.16. The van der Waals surface area contributed by atoms with Crippen molar-refractivity contribution in [2.45, 2.75) is 45.5 Å². The summed E-state index contributed by atoms with van der Waals surface area (Å²) in [4.78, 5) is 4.28. The molecule has 0 bridgehead atoms. The van der Waals surface area contributed by atoms with Crippen LogP contribution in [0.1, 0.15) is 26.3 Å². The van der Waals surface area contributed by atoms with Gasteiger partial charge in [0.15, 0.2) is 14.1 Å². The van der Waals surface area contributed by atoms with Gasteiger partial charge in [0.1, 0.15) is 24.1 Å². The van der Waals surface area contributed by atoms with Crippen molar-refractivity contribution in [1.29, 1.82) is 0 Å². The monoisotopic (exact) mass is 501 g/mol. The molecule has 0 fully saturated rings. The third kappa shape index (κ3) is 6.88. The number of aromatic nitrogens is 1. The van der Waals surface area contributed by atoms with Crippen molar-refractivity contribution in [1.82, 2.24) is 4.98 Å². The first kappa shape index (κ1) is 24.0. The highest BCUT2D eigenvalue weighted by Gasteiger charge is 2.36. The quantitative estimate of drug-likeness (QED) is 0.223. The molecule has 0 atom stereocenters. The molecule has 0 saturated heterocycles. The fourth-order valence-corrected chi connectivity index (χ4v) is 4.05. The molecule has 0 spiro atoms. The number of pyridine rings is 1. The van der Waals surface area contributed by atoms with Crippen molar-refractivity contribution in [3.8, 4) is 17.4 Å². The Morgan fingerprint density at radius 3 is 2.31 bits per heavy atom. The number of rotatable bonds is 9. The molecule has 8 heteroatoms. The Labute approximate surface area is 187 Å². The largest absolute Gasteiger partial charge is 0.497 e. The Hall–Kier alpha value is -1.28. The Kier molecular flexibility index (Phi) is 8.40. The fourth-order valence-electron chi connectivity index (χ4n) is 2.21. The lowest BCUT2D eigenvalue weighted by Gasteiger charge is -2.36. The van der Waals surface area contributed by atoms with Crippen LogP contribution in [-0.4, -0.2) is 33.6 Å². The van der Waals surface area contributed by atoms with Crippen LogP contribution >= 0.6 is 27.5 Å². The molecule has 0 aliphatic rings. The van der Waals surface area contributed by atoms with Gasteiger partial charge in [0.2, 0.25) is 0 Å². The van der Waals surface area contributed by atoms with Crippen molar-refractivity contribution in [2.24, 2.45) is 0 Å². The summed E-state index contributed by atoms with van der Waals surface area (Å²) in [7, 11) is -0.184. The molecule has 0 amide bonds. The van der Waals surface area contributed by atoms with Crippen LogP contribution in [0, 0.1) is 0 Å². The summed E-state index contributed by atoms with van der Waals surface area (Å²) >= 11 is 9.59. The Bertz CT molecular complexity index is 810. The number of methoxy groups -OCH3 is 1. The Morgan fingerprint density at radius 2 is 1.72 bits per heavy atom. The molecule has 5 nitrogen and oxygen atoms in total. The first-order chi connectivity index (χ1) is 13.5. The van der Waals surface area contributed by atoms with Gasteiger partial charge in [-0.1, -0.05) is 44.5 Å². The van der Waals surface area contributed by atoms with Gasteiger partial charge in [-0.3, -0.25) is 0 Å². The van der Waals surface area contributed by atoms with Gasteiger partial charge in [-0.05, 0) is 57.8 Å². The molecule has 0 aliphatic carbocycles. The van der Waals surface area contributed by atoms with Gasteiger partial charge >= 0.3 is 0 Å². The van der Waals surface area contributed by atoms with E-state index in [1.807, 2.05) is 24.3 Å². The smallest absolute Gasteiger partial charge is 0.259 e. The zero-order chi connectivity index (χ0) is 21.7. The predicted octanol–water partition coefficient (Wildman–Crippen LogP) is 6.49. The maximum absolute atomic E-state index is 6.16. The van der Waals surface area contributed by atoms with Gasteiger partial charge < -0.3 is 18.6 Å². The van der Waals surface area contributed by atoms with Gasteiger partial charge in [0.05, 0.1) is 18.2 Å². The number of halogens is 2. The minimum Gasteiger partial charge on any atom is -0.497 e. The number of hydrogen-bond donors (Lipinski definition) is 0. The van der Waals surface area contributed by atoms with E-state index in [2.05, 4.69) is 54.8 Å². The third-order valence-electron chi connectivity index (χ3n) is 5.00. The molecule has 1 heterocycles. The molecule has 1 aromatic heterocycles. The average Bonchev–Trinajstić information content (AvgIpc) is 2.64. The molecule has 0 saturated carbocycles. The van der Waals surface area contributed by atoms with Crippen LogP contribution < -0.4 is 14.2 Å². The van der Waals surface area contributed by atoms with Crippen LogP contribution in [0.4, 0.5) is 0 Å². The summed E-state index contributed by atoms with van der Waals surface area (Å²) in [5.41, 5.74) is 1.000. The molecule has 2 rings (SSSR count). The summed E-state index contributed by atoms with van der Waals surface area (Å²) < 4.78 is 23.9. The van der Waals surface area contributed by atoms with E-state index < -0.39 is 8.32 Å². The van der Waals surface area contributed by atoms with E-state index in [1.165, 1.54) is 0 Å². The van der Waals surface area contributed by atoms with Crippen LogP contribution in [0.25, 0.3) is 0 Å². The van der Waals surface area contributed by atoms with Gasteiger partial charge in [-0.25, -0.2) is 0 Å². The molecule has 0 unspecified atom stereocenters. The number of ether oxygens (including phenoxy) is 3. The summed E-state index contributed by atoms with van der Waals surface area (Å²) in [5.74, 6) is 1.66. The number of hydrogen-bond acceptors (Lipinski definition) is 5. The van der Waals surface area contributed by atoms with E-state index in [9.17, 15) is 0 Å². The summed E-state index contributed by atoms with van der Waals surface area (Å²) in [6.45, 7) is 12.3. The molecular weight excluding hydrogens is 474 g/mol. The summed E-state index contributed by atoms with van der Waals surface area (Å²) in [5, 5.41) is 0.478. The molecule has 0 N–H and O–H groups in total. The number of nitrogens with zero attached hydrogens (tertiary/aromatic N) is 1. The first-order valence-corrected chi connectivity index (χ1v) is 13.5. The van der Waals surface area contributed by atoms with Gasteiger partial charge in [0.25, 0.3) is 5.88 Å². The third-order valence-corrected chi connectivity index (χ3v) is 10.3. The molecule has 0 radical (unpaired) electrons. The summed E-state index contributed by atoms with van der Waals surface area (Å²) in [6.07, 6.45) is 0. The van der Waals surface area contributed by atoms with Crippen molar-refractivity contribution in [3.05, 3.63) is 45.5 Å². The topological polar surface area (TPSA) is 49.8 Å². The normalized spacial score (nSPS) is 12.0. The van der Waals surface area contributed by atoms with E-state index in [1.54, 1.807) is 13.2 Å². The molecular formula is C21H29BrClNO4Si. The lowest BCUT2D eigenvalue weighted by molar-refractivity contribution is 0.189. The molecule has 1 aromatic carbocycles. The molecule has 0 aliphatic heterocycles. The Balaban J connectivity index is 2.02. The van der Waals surface area contributed by atoms with Crippen molar-refractivity contribution < 1.29 is 18.6 Å². The maximum Gasteiger partial charge on any atom is 0.259 e. The van der Waals surface area contributed by atoms with Crippen LogP contribution in [0.2, 0.25) is 23.3 Å². The van der Waals surface area contributed by atoms with Gasteiger partial charge in [-0.2, -0.15) is 4.98 Å². The number of benzene rings is 1. The highest BCUT2D eigenvalue weighted by molar-refractivity contribution is 9.10. The SMILES string of the molecule is COc1ccc(COc2c(Br)cc(Cl)nc2OCCO[Si](C)(C)C(C)(C)C)cc1. The molecule has 160 valence electrons. The lowest BCUT2D eigenvalue weighted by Crippen LogP contribution is -2.41. The fraction of sp³-hybridized carbons (Fsp3) is 0.476. The Morgan fingerprint density at radius 1 is 1.07 bits per heavy atom. The second-order valence-corrected chi connectivity index (χ2v) is 14.2. The average molecular weight is 503 g/mol. The minimum atomic E-state index is -1.82. The van der Waals surface area contributed by atoms with E-state index in [-0.39, 0.29) is 5.04 Å². The highest BCUT2D eigenvalue weighted by atomic mass is 79.9. The van der Waals surface area contributed by atoms with E-state index in [0.29, 0.717) is 41.1 Å². The van der Waals surface area contributed by atoms with Crippen molar-refractivity contribution in [3.63, 3.8) is 0 Å².